The Hall–Kier alpha value is -1.75. The largest absolute Gasteiger partial charge is 0.347 e. The molecule has 0 spiro atoms. The van der Waals surface area contributed by atoms with Crippen molar-refractivity contribution >= 4 is 0 Å². The van der Waals surface area contributed by atoms with E-state index in [0.29, 0.717) is 17.9 Å². The lowest BCUT2D eigenvalue weighted by molar-refractivity contribution is 0.502. The molecule has 1 atom stereocenters. The number of nitrogens with zero attached hydrogens (tertiary/aromatic N) is 1. The van der Waals surface area contributed by atoms with Crippen LogP contribution in [0.5, 0.6) is 0 Å². The molecule has 3 nitrogen and oxygen atoms in total. The smallest absolute Gasteiger partial charge is 0.159 e. The van der Waals surface area contributed by atoms with Crippen molar-refractivity contribution in [3.05, 3.63) is 53.6 Å². The highest BCUT2D eigenvalue weighted by atomic mass is 19.2. The van der Waals surface area contributed by atoms with Crippen LogP contribution >= 0.6 is 0 Å². The van der Waals surface area contributed by atoms with Gasteiger partial charge in [0.15, 0.2) is 11.6 Å². The van der Waals surface area contributed by atoms with Gasteiger partial charge >= 0.3 is 0 Å². The zero-order valence-electron chi connectivity index (χ0n) is 9.37. The molecule has 1 unspecified atom stereocenters. The first kappa shape index (κ1) is 11.7. The van der Waals surface area contributed by atoms with Gasteiger partial charge in [-0.3, -0.25) is 0 Å². The molecule has 0 amide bonds. The fraction of sp³-hybridized carbons (Fsp3) is 0.250. The lowest BCUT2D eigenvalue weighted by atomic mass is 10.1. The van der Waals surface area contributed by atoms with Crippen LogP contribution in [0.15, 0.2) is 30.6 Å². The lowest BCUT2D eigenvalue weighted by Crippen LogP contribution is -2.23. The topological polar surface area (TPSA) is 40.7 Å². The molecule has 1 aromatic heterocycles. The minimum atomic E-state index is -0.850. The maximum absolute atomic E-state index is 13.2. The number of rotatable bonds is 4. The number of hydrogen-bond donors (Lipinski definition) is 2. The summed E-state index contributed by atoms with van der Waals surface area (Å²) in [7, 11) is 0. The maximum atomic E-state index is 13.2. The van der Waals surface area contributed by atoms with Crippen LogP contribution in [0, 0.1) is 11.6 Å². The summed E-state index contributed by atoms with van der Waals surface area (Å²) in [5, 5.41) is 3.17. The third-order valence-electron chi connectivity index (χ3n) is 2.48. The van der Waals surface area contributed by atoms with E-state index in [1.54, 1.807) is 18.5 Å². The summed E-state index contributed by atoms with van der Waals surface area (Å²) in [5.41, 5.74) is 0.640. The van der Waals surface area contributed by atoms with E-state index in [2.05, 4.69) is 15.3 Å². The standard InChI is InChI=1S/C12H13F2N3/c1-2-15-11(12-16-5-6-17-12)8-3-4-9(13)10(14)7-8/h3-7,11,15H,2H2,1H3,(H,16,17). The quantitative estimate of drug-likeness (QED) is 0.857. The Morgan fingerprint density at radius 1 is 1.35 bits per heavy atom. The Balaban J connectivity index is 2.35. The molecule has 1 aromatic carbocycles. The molecule has 1 heterocycles. The summed E-state index contributed by atoms with van der Waals surface area (Å²) < 4.78 is 26.1. The number of aromatic amines is 1. The van der Waals surface area contributed by atoms with Gasteiger partial charge < -0.3 is 10.3 Å². The summed E-state index contributed by atoms with van der Waals surface area (Å²) in [6.07, 6.45) is 3.32. The molecular formula is C12H13F2N3. The van der Waals surface area contributed by atoms with Crippen LogP contribution < -0.4 is 5.32 Å². The molecule has 0 aliphatic heterocycles. The number of hydrogen-bond acceptors (Lipinski definition) is 2. The first-order chi connectivity index (χ1) is 8.22. The second-order valence-corrected chi connectivity index (χ2v) is 3.64. The predicted molar refractivity (Wildman–Crippen MR) is 60.5 cm³/mol. The first-order valence-corrected chi connectivity index (χ1v) is 5.40. The number of aromatic nitrogens is 2. The van der Waals surface area contributed by atoms with Crippen LogP contribution in [-0.2, 0) is 0 Å². The van der Waals surface area contributed by atoms with E-state index in [9.17, 15) is 8.78 Å². The molecule has 0 bridgehead atoms. The van der Waals surface area contributed by atoms with E-state index in [1.807, 2.05) is 6.92 Å². The number of imidazole rings is 1. The summed E-state index contributed by atoms with van der Waals surface area (Å²) >= 11 is 0. The Labute approximate surface area is 97.9 Å². The summed E-state index contributed by atoms with van der Waals surface area (Å²) in [6, 6.07) is 3.60. The van der Waals surface area contributed by atoms with Crippen molar-refractivity contribution in [1.29, 1.82) is 0 Å². The van der Waals surface area contributed by atoms with Gasteiger partial charge in [-0.25, -0.2) is 13.8 Å². The van der Waals surface area contributed by atoms with Gasteiger partial charge in [0.25, 0.3) is 0 Å². The molecule has 0 saturated carbocycles. The van der Waals surface area contributed by atoms with E-state index in [-0.39, 0.29) is 6.04 Å². The zero-order valence-corrected chi connectivity index (χ0v) is 9.37. The van der Waals surface area contributed by atoms with Gasteiger partial charge in [-0.15, -0.1) is 0 Å². The minimum absolute atomic E-state index is 0.259. The molecule has 90 valence electrons. The first-order valence-electron chi connectivity index (χ1n) is 5.40. The van der Waals surface area contributed by atoms with Crippen molar-refractivity contribution in [2.24, 2.45) is 0 Å². The van der Waals surface area contributed by atoms with E-state index in [1.165, 1.54) is 6.07 Å². The van der Waals surface area contributed by atoms with E-state index < -0.39 is 11.6 Å². The van der Waals surface area contributed by atoms with Crippen LogP contribution in [0.4, 0.5) is 8.78 Å². The molecule has 0 saturated heterocycles. The molecular weight excluding hydrogens is 224 g/mol. The number of halogens is 2. The second-order valence-electron chi connectivity index (χ2n) is 3.64. The Morgan fingerprint density at radius 3 is 2.76 bits per heavy atom. The van der Waals surface area contributed by atoms with E-state index in [0.717, 1.165) is 6.07 Å². The molecule has 0 fully saturated rings. The van der Waals surface area contributed by atoms with Gasteiger partial charge in [0.2, 0.25) is 0 Å². The van der Waals surface area contributed by atoms with Crippen LogP contribution in [0.25, 0.3) is 0 Å². The molecule has 2 aromatic rings. The van der Waals surface area contributed by atoms with Crippen molar-refractivity contribution in [3.63, 3.8) is 0 Å². The van der Waals surface area contributed by atoms with Crippen molar-refractivity contribution in [2.45, 2.75) is 13.0 Å². The molecule has 0 aliphatic rings. The maximum Gasteiger partial charge on any atom is 0.159 e. The molecule has 2 N–H and O–H groups in total. The van der Waals surface area contributed by atoms with Gasteiger partial charge in [-0.2, -0.15) is 0 Å². The molecule has 5 heteroatoms. The number of H-pyrrole nitrogens is 1. The predicted octanol–water partition coefficient (Wildman–Crippen LogP) is 2.39. The average molecular weight is 237 g/mol. The highest BCUT2D eigenvalue weighted by Crippen LogP contribution is 2.20. The fourth-order valence-electron chi connectivity index (χ4n) is 1.70. The zero-order chi connectivity index (χ0) is 12.3. The Morgan fingerprint density at radius 2 is 2.18 bits per heavy atom. The van der Waals surface area contributed by atoms with E-state index in [4.69, 9.17) is 0 Å². The highest BCUT2D eigenvalue weighted by molar-refractivity contribution is 5.26. The molecule has 2 rings (SSSR count). The van der Waals surface area contributed by atoms with Crippen LogP contribution in [0.1, 0.15) is 24.4 Å². The normalized spacial score (nSPS) is 12.6. The van der Waals surface area contributed by atoms with Crippen LogP contribution in [0.3, 0.4) is 0 Å². The summed E-state index contributed by atoms with van der Waals surface area (Å²) in [6.45, 7) is 2.64. The van der Waals surface area contributed by atoms with Gasteiger partial charge in [0.05, 0.1) is 6.04 Å². The third-order valence-corrected chi connectivity index (χ3v) is 2.48. The SMILES string of the molecule is CCNC(c1ccc(F)c(F)c1)c1ncc[nH]1. The van der Waals surface area contributed by atoms with E-state index >= 15 is 0 Å². The van der Waals surface area contributed by atoms with Crippen molar-refractivity contribution in [1.82, 2.24) is 15.3 Å². The van der Waals surface area contributed by atoms with Crippen molar-refractivity contribution < 1.29 is 8.78 Å². The summed E-state index contributed by atoms with van der Waals surface area (Å²) in [5.74, 6) is -1.02. The number of nitrogens with one attached hydrogen (secondary N) is 2. The lowest BCUT2D eigenvalue weighted by Gasteiger charge is -2.16. The van der Waals surface area contributed by atoms with Gasteiger partial charge in [0, 0.05) is 12.4 Å². The Bertz CT molecular complexity index is 483. The molecule has 0 aliphatic carbocycles. The van der Waals surface area contributed by atoms with Gasteiger partial charge in [0.1, 0.15) is 5.82 Å². The van der Waals surface area contributed by atoms with Gasteiger partial charge in [-0.05, 0) is 24.2 Å². The van der Waals surface area contributed by atoms with Crippen LogP contribution in [-0.4, -0.2) is 16.5 Å². The average Bonchev–Trinajstić information content (AvgIpc) is 2.83. The monoisotopic (exact) mass is 237 g/mol. The second kappa shape index (κ2) is 5.05. The van der Waals surface area contributed by atoms with Crippen molar-refractivity contribution in [2.75, 3.05) is 6.54 Å². The van der Waals surface area contributed by atoms with Crippen LogP contribution in [0.2, 0.25) is 0 Å². The Kier molecular flexibility index (Phi) is 3.49. The molecule has 0 radical (unpaired) electrons. The minimum Gasteiger partial charge on any atom is -0.347 e. The fourth-order valence-corrected chi connectivity index (χ4v) is 1.70. The van der Waals surface area contributed by atoms with Gasteiger partial charge in [-0.1, -0.05) is 13.0 Å². The molecule has 17 heavy (non-hydrogen) atoms. The highest BCUT2D eigenvalue weighted by Gasteiger charge is 2.16. The van der Waals surface area contributed by atoms with Crippen molar-refractivity contribution in [3.8, 4) is 0 Å². The summed E-state index contributed by atoms with van der Waals surface area (Å²) in [4.78, 5) is 7.09. The number of benzene rings is 1. The third kappa shape index (κ3) is 2.50.